The first kappa shape index (κ1) is 32.4. The molecule has 244 valence electrons. The number of rotatable bonds is 9. The van der Waals surface area contributed by atoms with Crippen LogP contribution in [0.5, 0.6) is 5.75 Å². The number of halogens is 3. The van der Waals surface area contributed by atoms with Crippen molar-refractivity contribution in [2.75, 3.05) is 18.0 Å². The number of nitrogens with zero attached hydrogens (tertiary/aromatic N) is 2. The van der Waals surface area contributed by atoms with Crippen LogP contribution in [0, 0.1) is 5.92 Å². The van der Waals surface area contributed by atoms with Gasteiger partial charge in [-0.15, -0.1) is 11.3 Å². The molecular formula is C37H42F3N3O2S. The van der Waals surface area contributed by atoms with E-state index in [2.05, 4.69) is 46.4 Å². The van der Waals surface area contributed by atoms with Gasteiger partial charge in [-0.05, 0) is 106 Å². The fourth-order valence-electron chi connectivity index (χ4n) is 6.73. The minimum Gasteiger partial charge on any atom is -0.490 e. The Hall–Kier alpha value is -3.59. The van der Waals surface area contributed by atoms with Crippen LogP contribution in [0.15, 0.2) is 77.9 Å². The van der Waals surface area contributed by atoms with E-state index < -0.39 is 11.7 Å². The third-order valence-electron chi connectivity index (χ3n) is 9.47. The molecule has 2 fully saturated rings. The Labute approximate surface area is 273 Å². The Morgan fingerprint density at radius 2 is 1.78 bits per heavy atom. The van der Waals surface area contributed by atoms with Gasteiger partial charge in [-0.25, -0.2) is 4.98 Å². The van der Waals surface area contributed by atoms with E-state index in [0.717, 1.165) is 91.1 Å². The van der Waals surface area contributed by atoms with Gasteiger partial charge in [0.05, 0.1) is 15.8 Å². The molecule has 1 N–H and O–H groups in total. The number of piperidine rings is 1. The SMILES string of the molecule is CC1=CC=C(CCCC2CCC(NC(=O)c3nc4ccc(OC5CCN(c6ccc(C(F)(F)F)cc6)CC5)cc4s3)CC2)C=CC1. The lowest BCUT2D eigenvalue weighted by atomic mass is 9.83. The molecule has 1 aliphatic heterocycles. The zero-order chi connectivity index (χ0) is 32.1. The summed E-state index contributed by atoms with van der Waals surface area (Å²) in [6, 6.07) is 11.3. The largest absolute Gasteiger partial charge is 0.490 e. The Kier molecular flexibility index (Phi) is 10.2. The maximum Gasteiger partial charge on any atom is 0.416 e. The molecule has 1 amide bonds. The number of allylic oxidation sites excluding steroid dienone is 6. The maximum atomic E-state index is 13.1. The van der Waals surface area contributed by atoms with Crippen molar-refractivity contribution in [3.05, 3.63) is 88.5 Å². The number of benzene rings is 2. The molecule has 5 nitrogen and oxygen atoms in total. The summed E-state index contributed by atoms with van der Waals surface area (Å²) in [6.07, 6.45) is 15.2. The van der Waals surface area contributed by atoms with Crippen molar-refractivity contribution in [1.82, 2.24) is 10.3 Å². The van der Waals surface area contributed by atoms with E-state index in [-0.39, 0.29) is 18.1 Å². The van der Waals surface area contributed by atoms with E-state index in [4.69, 9.17) is 4.74 Å². The third-order valence-corrected chi connectivity index (χ3v) is 10.5. The van der Waals surface area contributed by atoms with Crippen molar-refractivity contribution in [3.8, 4) is 5.75 Å². The lowest BCUT2D eigenvalue weighted by Crippen LogP contribution is -2.38. The van der Waals surface area contributed by atoms with Gasteiger partial charge < -0.3 is 15.0 Å². The molecule has 1 saturated heterocycles. The van der Waals surface area contributed by atoms with Gasteiger partial charge in [-0.3, -0.25) is 4.79 Å². The third kappa shape index (κ3) is 8.41. The van der Waals surface area contributed by atoms with Gasteiger partial charge in [0.15, 0.2) is 5.01 Å². The number of ether oxygens (including phenoxy) is 1. The highest BCUT2D eigenvalue weighted by Crippen LogP contribution is 2.33. The molecule has 2 heterocycles. The van der Waals surface area contributed by atoms with Crippen LogP contribution in [0.1, 0.15) is 86.5 Å². The second-order valence-corrected chi connectivity index (χ2v) is 14.0. The van der Waals surface area contributed by atoms with E-state index in [0.29, 0.717) is 18.1 Å². The standard InChI is InChI=1S/C37H42F3N3O2S/c1-25-4-2-5-26(9-8-25)6-3-7-27-10-14-29(15-11-27)41-35(44)36-42-33-19-18-32(24-34(33)46-36)45-31-20-22-43(23-21-31)30-16-12-28(13-17-30)37(38,39)40/h2,5,8-9,12-13,16-19,24,27,29,31H,3-4,6-7,10-11,14-15,20-23H2,1H3,(H,41,44). The van der Waals surface area contributed by atoms with Gasteiger partial charge in [0.25, 0.3) is 5.91 Å². The highest BCUT2D eigenvalue weighted by Gasteiger charge is 2.30. The van der Waals surface area contributed by atoms with Gasteiger partial charge in [0.1, 0.15) is 11.9 Å². The number of alkyl halides is 3. The fourth-order valence-corrected chi connectivity index (χ4v) is 7.63. The average Bonchev–Trinajstić information content (AvgIpc) is 3.37. The van der Waals surface area contributed by atoms with Gasteiger partial charge in [0, 0.05) is 37.7 Å². The van der Waals surface area contributed by atoms with Crippen LogP contribution in [-0.4, -0.2) is 36.1 Å². The summed E-state index contributed by atoms with van der Waals surface area (Å²) >= 11 is 1.39. The highest BCUT2D eigenvalue weighted by atomic mass is 32.1. The Morgan fingerprint density at radius 3 is 2.52 bits per heavy atom. The Morgan fingerprint density at radius 1 is 1.02 bits per heavy atom. The van der Waals surface area contributed by atoms with Gasteiger partial charge in [-0.2, -0.15) is 13.2 Å². The van der Waals surface area contributed by atoms with E-state index in [1.807, 2.05) is 18.2 Å². The van der Waals surface area contributed by atoms with Crippen molar-refractivity contribution in [2.45, 2.75) is 89.5 Å². The normalized spacial score (nSPS) is 21.1. The first-order chi connectivity index (χ1) is 22.2. The summed E-state index contributed by atoms with van der Waals surface area (Å²) in [5.41, 5.74) is 3.77. The summed E-state index contributed by atoms with van der Waals surface area (Å²) in [6.45, 7) is 3.59. The lowest BCUT2D eigenvalue weighted by Gasteiger charge is -2.33. The predicted molar refractivity (Wildman–Crippen MR) is 180 cm³/mol. The van der Waals surface area contributed by atoms with Gasteiger partial charge in [0.2, 0.25) is 0 Å². The van der Waals surface area contributed by atoms with Crippen LogP contribution in [0.3, 0.4) is 0 Å². The van der Waals surface area contributed by atoms with Crippen LogP contribution < -0.4 is 15.0 Å². The first-order valence-corrected chi connectivity index (χ1v) is 17.3. The van der Waals surface area contributed by atoms with Crippen molar-refractivity contribution in [1.29, 1.82) is 0 Å². The second kappa shape index (κ2) is 14.4. The van der Waals surface area contributed by atoms with E-state index in [1.165, 1.54) is 47.5 Å². The van der Waals surface area contributed by atoms with Gasteiger partial charge >= 0.3 is 6.18 Å². The highest BCUT2D eigenvalue weighted by molar-refractivity contribution is 7.20. The number of aromatic nitrogens is 1. The maximum absolute atomic E-state index is 13.1. The van der Waals surface area contributed by atoms with E-state index in [1.54, 1.807) is 0 Å². The number of hydrogen-bond acceptors (Lipinski definition) is 5. The molecule has 3 aliphatic rings. The number of anilines is 1. The smallest absolute Gasteiger partial charge is 0.416 e. The van der Waals surface area contributed by atoms with Crippen molar-refractivity contribution < 1.29 is 22.7 Å². The lowest BCUT2D eigenvalue weighted by molar-refractivity contribution is -0.137. The van der Waals surface area contributed by atoms with Crippen LogP contribution in [-0.2, 0) is 6.18 Å². The van der Waals surface area contributed by atoms with Crippen LogP contribution in [0.25, 0.3) is 10.2 Å². The topological polar surface area (TPSA) is 54.5 Å². The summed E-state index contributed by atoms with van der Waals surface area (Å²) in [7, 11) is 0. The summed E-state index contributed by atoms with van der Waals surface area (Å²) < 4.78 is 45.9. The molecule has 0 unspecified atom stereocenters. The Bertz CT molecular complexity index is 1590. The zero-order valence-electron chi connectivity index (χ0n) is 26.3. The monoisotopic (exact) mass is 649 g/mol. The molecule has 2 aliphatic carbocycles. The molecule has 0 radical (unpaired) electrons. The molecule has 0 atom stereocenters. The molecule has 2 aromatic carbocycles. The number of carbonyl (C=O) groups is 1. The summed E-state index contributed by atoms with van der Waals surface area (Å²) in [5, 5.41) is 3.72. The van der Waals surface area contributed by atoms with Crippen LogP contribution >= 0.6 is 11.3 Å². The number of carbonyl (C=O) groups excluding carboxylic acids is 1. The van der Waals surface area contributed by atoms with E-state index in [9.17, 15) is 18.0 Å². The second-order valence-electron chi connectivity index (χ2n) is 12.9. The van der Waals surface area contributed by atoms with Gasteiger partial charge in [-0.1, -0.05) is 36.3 Å². The summed E-state index contributed by atoms with van der Waals surface area (Å²) in [5.74, 6) is 1.38. The van der Waals surface area contributed by atoms with Crippen molar-refractivity contribution in [3.63, 3.8) is 0 Å². The van der Waals surface area contributed by atoms with Crippen LogP contribution in [0.4, 0.5) is 18.9 Å². The van der Waals surface area contributed by atoms with E-state index >= 15 is 0 Å². The number of hydrogen-bond donors (Lipinski definition) is 1. The number of nitrogens with one attached hydrogen (secondary N) is 1. The molecule has 9 heteroatoms. The molecule has 6 rings (SSSR count). The first-order valence-electron chi connectivity index (χ1n) is 16.5. The predicted octanol–water partition coefficient (Wildman–Crippen LogP) is 9.65. The van der Waals surface area contributed by atoms with Crippen molar-refractivity contribution >= 4 is 33.1 Å². The molecule has 1 saturated carbocycles. The fraction of sp³-hybridized carbons (Fsp3) is 0.459. The molecule has 1 aromatic heterocycles. The quantitative estimate of drug-likeness (QED) is 0.251. The number of amides is 1. The van der Waals surface area contributed by atoms with Crippen molar-refractivity contribution in [2.24, 2.45) is 5.92 Å². The minimum absolute atomic E-state index is 0.0149. The summed E-state index contributed by atoms with van der Waals surface area (Å²) in [4.78, 5) is 19.8. The zero-order valence-corrected chi connectivity index (χ0v) is 27.1. The number of fused-ring (bicyclic) bond motifs is 1. The van der Waals surface area contributed by atoms with Crippen LogP contribution in [0.2, 0.25) is 0 Å². The molecule has 3 aromatic rings. The Balaban J connectivity index is 0.940. The average molecular weight is 650 g/mol. The molecule has 0 spiro atoms. The molecule has 46 heavy (non-hydrogen) atoms. The molecular weight excluding hydrogens is 607 g/mol. The number of thiazole rings is 1. The molecule has 0 bridgehead atoms. The minimum atomic E-state index is -4.33.